The molecule has 0 aliphatic heterocycles. The monoisotopic (exact) mass is 526 g/mol. The first kappa shape index (κ1) is 21.6. The number of hydrogen-bond acceptors (Lipinski definition) is 4. The minimum absolute atomic E-state index is 0.0806. The highest BCUT2D eigenvalue weighted by atomic mass is 127. The van der Waals surface area contributed by atoms with Crippen molar-refractivity contribution in [1.82, 2.24) is 0 Å². The summed E-state index contributed by atoms with van der Waals surface area (Å²) < 4.78 is 39.5. The summed E-state index contributed by atoms with van der Waals surface area (Å²) in [5.74, 6) is -1.18. The Morgan fingerprint density at radius 3 is 2.14 bits per heavy atom. The van der Waals surface area contributed by atoms with E-state index in [1.54, 1.807) is 44.2 Å². The Kier molecular flexibility index (Phi) is 5.66. The lowest BCUT2D eigenvalue weighted by molar-refractivity contribution is 0.430. The third-order valence-electron chi connectivity index (χ3n) is 5.27. The molecule has 4 nitrogen and oxygen atoms in total. The summed E-state index contributed by atoms with van der Waals surface area (Å²) in [6, 6.07) is 14.0. The number of halogens is 2. The van der Waals surface area contributed by atoms with E-state index in [0.29, 0.717) is 16.7 Å². The number of benzene rings is 3. The van der Waals surface area contributed by atoms with Gasteiger partial charge in [0.15, 0.2) is 11.6 Å². The lowest BCUT2D eigenvalue weighted by Gasteiger charge is -2.35. The summed E-state index contributed by atoms with van der Waals surface area (Å²) >= 11 is 1.40. The van der Waals surface area contributed by atoms with Gasteiger partial charge in [0.1, 0.15) is 5.75 Å². The average molecular weight is 526 g/mol. The largest absolute Gasteiger partial charge is 0.508 e. The van der Waals surface area contributed by atoms with Crippen LogP contribution in [0.3, 0.4) is 0 Å². The van der Waals surface area contributed by atoms with Crippen LogP contribution in [0.15, 0.2) is 59.5 Å². The second kappa shape index (κ2) is 7.60. The Morgan fingerprint density at radius 1 is 0.897 bits per heavy atom. The van der Waals surface area contributed by atoms with Crippen LogP contribution in [0.4, 0.5) is 4.39 Å². The van der Waals surface area contributed by atoms with E-state index in [4.69, 9.17) is 0 Å². The predicted octanol–water partition coefficient (Wildman–Crippen LogP) is 5.33. The average Bonchev–Trinajstić information content (AvgIpc) is 2.63. The maximum Gasteiger partial charge on any atom is 0.231 e. The van der Waals surface area contributed by atoms with Crippen LogP contribution in [0.2, 0.25) is 0 Å². The van der Waals surface area contributed by atoms with E-state index in [9.17, 15) is 23.0 Å². The van der Waals surface area contributed by atoms with Gasteiger partial charge in [-0.1, -0.05) is 24.3 Å². The molecule has 0 radical (unpaired) electrons. The first-order valence-corrected chi connectivity index (χ1v) is 12.8. The molecule has 3 aromatic carbocycles. The zero-order valence-electron chi connectivity index (χ0n) is 16.1. The molecule has 0 saturated heterocycles. The number of aromatic hydroxyl groups is 2. The van der Waals surface area contributed by atoms with Crippen molar-refractivity contribution in [2.75, 3.05) is 0 Å². The molecule has 1 unspecified atom stereocenters. The number of rotatable bonds is 4. The van der Waals surface area contributed by atoms with Crippen LogP contribution in [-0.2, 0) is 12.4 Å². The molecule has 0 spiro atoms. The van der Waals surface area contributed by atoms with E-state index in [0.717, 1.165) is 11.1 Å². The van der Waals surface area contributed by atoms with Gasteiger partial charge in [-0.3, -0.25) is 0 Å². The van der Waals surface area contributed by atoms with Crippen molar-refractivity contribution in [3.63, 3.8) is 0 Å². The fourth-order valence-corrected chi connectivity index (χ4v) is 5.87. The van der Waals surface area contributed by atoms with Gasteiger partial charge < -0.3 is 10.2 Å². The van der Waals surface area contributed by atoms with Crippen molar-refractivity contribution in [2.45, 2.75) is 31.1 Å². The zero-order valence-corrected chi connectivity index (χ0v) is 19.0. The fourth-order valence-electron chi connectivity index (χ4n) is 3.94. The summed E-state index contributed by atoms with van der Waals surface area (Å²) in [4.78, 5) is 0.128. The van der Waals surface area contributed by atoms with Gasteiger partial charge in [0.05, 0.1) is 26.1 Å². The Labute approximate surface area is 181 Å². The second-order valence-electron chi connectivity index (χ2n) is 7.18. The standard InChI is InChI=1S/C22H20FIO4S/c1-13-10-15(25)8-9-16(13)22(3,18-12-19(23)20(26)11-14(18)2)17-6-4-5-7-21(17)29(24,27)28/h4-12,25-26H,1-3H3. The van der Waals surface area contributed by atoms with E-state index in [1.165, 1.54) is 45.5 Å². The molecule has 0 amide bonds. The maximum atomic E-state index is 14.4. The molecule has 3 aromatic rings. The van der Waals surface area contributed by atoms with Gasteiger partial charge in [0.25, 0.3) is 0 Å². The van der Waals surface area contributed by atoms with Gasteiger partial charge >= 0.3 is 0 Å². The number of phenolic OH excluding ortho intramolecular Hbond substituents is 2. The molecule has 0 fully saturated rings. The van der Waals surface area contributed by atoms with Gasteiger partial charge in [-0.15, -0.1) is 0 Å². The zero-order chi connectivity index (χ0) is 21.6. The normalized spacial score (nSPS) is 13.8. The third-order valence-corrected chi connectivity index (χ3v) is 7.57. The smallest absolute Gasteiger partial charge is 0.231 e. The molecule has 0 aliphatic rings. The summed E-state index contributed by atoms with van der Waals surface area (Å²) in [6.45, 7) is 5.37. The van der Waals surface area contributed by atoms with E-state index in [2.05, 4.69) is 0 Å². The topological polar surface area (TPSA) is 74.6 Å². The van der Waals surface area contributed by atoms with E-state index >= 15 is 0 Å². The summed E-state index contributed by atoms with van der Waals surface area (Å²) in [6.07, 6.45) is 0. The minimum atomic E-state index is -3.61. The van der Waals surface area contributed by atoms with Crippen molar-refractivity contribution in [3.8, 4) is 11.5 Å². The highest BCUT2D eigenvalue weighted by Gasteiger charge is 2.38. The molecule has 7 heteroatoms. The van der Waals surface area contributed by atoms with Crippen LogP contribution < -0.4 is 0 Å². The first-order chi connectivity index (χ1) is 13.5. The molecule has 0 saturated carbocycles. The summed E-state index contributed by atoms with van der Waals surface area (Å²) in [7, 11) is -3.61. The third kappa shape index (κ3) is 3.85. The highest BCUT2D eigenvalue weighted by molar-refractivity contribution is 14.2. The second-order valence-corrected chi connectivity index (χ2v) is 12.0. The van der Waals surface area contributed by atoms with Gasteiger partial charge in [-0.2, -0.15) is 0 Å². The summed E-state index contributed by atoms with van der Waals surface area (Å²) in [5.41, 5.74) is 1.99. The predicted molar refractivity (Wildman–Crippen MR) is 119 cm³/mol. The Balaban J connectivity index is 2.50. The SMILES string of the molecule is Cc1cc(O)ccc1C(C)(c1cc(F)c(O)cc1C)c1ccccc1S(=O)(=O)I. The van der Waals surface area contributed by atoms with Crippen LogP contribution >= 0.6 is 21.2 Å². The maximum absolute atomic E-state index is 14.4. The van der Waals surface area contributed by atoms with Crippen molar-refractivity contribution in [2.24, 2.45) is 0 Å². The minimum Gasteiger partial charge on any atom is -0.508 e. The Bertz CT molecular complexity index is 1210. The molecule has 0 aliphatic carbocycles. The molecule has 0 bridgehead atoms. The molecule has 3 rings (SSSR count). The molecule has 1 atom stereocenters. The quantitative estimate of drug-likeness (QED) is 0.274. The lowest BCUT2D eigenvalue weighted by atomic mass is 9.68. The number of aryl methyl sites for hydroxylation is 2. The fraction of sp³-hybridized carbons (Fsp3) is 0.182. The van der Waals surface area contributed by atoms with Crippen molar-refractivity contribution >= 4 is 28.2 Å². The van der Waals surface area contributed by atoms with Crippen molar-refractivity contribution in [1.29, 1.82) is 0 Å². The van der Waals surface area contributed by atoms with Crippen LogP contribution in [-0.4, -0.2) is 18.6 Å². The molecule has 0 aromatic heterocycles. The first-order valence-electron chi connectivity index (χ1n) is 8.80. The van der Waals surface area contributed by atoms with Crippen molar-refractivity contribution < 1.29 is 23.0 Å². The Hall–Kier alpha value is -2.13. The lowest BCUT2D eigenvalue weighted by Crippen LogP contribution is -2.29. The summed E-state index contributed by atoms with van der Waals surface area (Å²) in [5, 5.41) is 19.7. The number of hydrogen-bond donors (Lipinski definition) is 2. The van der Waals surface area contributed by atoms with Crippen LogP contribution in [0.5, 0.6) is 11.5 Å². The van der Waals surface area contributed by atoms with Gasteiger partial charge in [-0.25, -0.2) is 12.8 Å². The molecule has 0 heterocycles. The van der Waals surface area contributed by atoms with E-state index in [1.807, 2.05) is 6.92 Å². The van der Waals surface area contributed by atoms with E-state index < -0.39 is 24.0 Å². The molecule has 2 N–H and O–H groups in total. The molecule has 152 valence electrons. The molecular weight excluding hydrogens is 506 g/mol. The van der Waals surface area contributed by atoms with Crippen molar-refractivity contribution in [3.05, 3.63) is 88.2 Å². The molecule has 29 heavy (non-hydrogen) atoms. The van der Waals surface area contributed by atoms with Gasteiger partial charge in [0.2, 0.25) is 7.01 Å². The van der Waals surface area contributed by atoms with E-state index in [-0.39, 0.29) is 10.6 Å². The highest BCUT2D eigenvalue weighted by Crippen LogP contribution is 2.46. The van der Waals surface area contributed by atoms with Gasteiger partial charge in [-0.05, 0) is 78.9 Å². The van der Waals surface area contributed by atoms with Crippen LogP contribution in [0, 0.1) is 19.7 Å². The molecular formula is C22H20FIO4S. The van der Waals surface area contributed by atoms with Crippen LogP contribution in [0.25, 0.3) is 0 Å². The Morgan fingerprint density at radius 2 is 1.52 bits per heavy atom. The number of phenols is 2. The van der Waals surface area contributed by atoms with Crippen LogP contribution in [0.1, 0.15) is 34.7 Å². The van der Waals surface area contributed by atoms with Gasteiger partial charge in [0, 0.05) is 5.41 Å².